The minimum Gasteiger partial charge on any atom is -0.492 e. The van der Waals surface area contributed by atoms with Gasteiger partial charge in [-0.2, -0.15) is 0 Å². The molecule has 0 heterocycles. The molecule has 0 bridgehead atoms. The normalized spacial score (nSPS) is 10.2. The minimum absolute atomic E-state index is 0.0294. The van der Waals surface area contributed by atoms with E-state index in [4.69, 9.17) is 4.74 Å². The third-order valence-corrected chi connectivity index (χ3v) is 2.96. The summed E-state index contributed by atoms with van der Waals surface area (Å²) in [5, 5.41) is 0. The molecule has 0 radical (unpaired) electrons. The predicted molar refractivity (Wildman–Crippen MR) is 75.3 cm³/mol. The van der Waals surface area contributed by atoms with Gasteiger partial charge in [-0.1, -0.05) is 12.1 Å². The van der Waals surface area contributed by atoms with Crippen molar-refractivity contribution in [3.8, 4) is 5.75 Å². The van der Waals surface area contributed by atoms with E-state index in [0.29, 0.717) is 12.3 Å². The number of carbonyl (C=O) groups excluding carboxylic acids is 1. The van der Waals surface area contributed by atoms with Crippen LogP contribution in [-0.2, 0) is 0 Å². The van der Waals surface area contributed by atoms with Crippen LogP contribution in [0.2, 0.25) is 0 Å². The summed E-state index contributed by atoms with van der Waals surface area (Å²) in [4.78, 5) is 13.4. The smallest absolute Gasteiger partial charge is 0.256 e. The maximum atomic E-state index is 13.5. The van der Waals surface area contributed by atoms with E-state index in [1.165, 1.54) is 47.4 Å². The summed E-state index contributed by atoms with van der Waals surface area (Å²) in [5.41, 5.74) is 0.0294. The molecule has 1 amide bonds. The maximum Gasteiger partial charge on any atom is 0.256 e. The Bertz CT molecular complexity index is 614. The van der Waals surface area contributed by atoms with Crippen molar-refractivity contribution in [1.29, 1.82) is 0 Å². The molecule has 110 valence electrons. The fraction of sp³-hybridized carbons (Fsp3) is 0.188. The van der Waals surface area contributed by atoms with Crippen LogP contribution >= 0.6 is 0 Å². The Balaban J connectivity index is 1.87. The fourth-order valence-corrected chi connectivity index (χ4v) is 1.77. The number of hydrogen-bond donors (Lipinski definition) is 0. The summed E-state index contributed by atoms with van der Waals surface area (Å²) >= 11 is 0. The van der Waals surface area contributed by atoms with Crippen LogP contribution in [0.25, 0.3) is 0 Å². The molecule has 0 saturated heterocycles. The Morgan fingerprint density at radius 1 is 1.10 bits per heavy atom. The quantitative estimate of drug-likeness (QED) is 0.847. The minimum atomic E-state index is -0.547. The molecule has 0 aliphatic heterocycles. The van der Waals surface area contributed by atoms with Gasteiger partial charge in [0.15, 0.2) is 0 Å². The second-order valence-electron chi connectivity index (χ2n) is 4.51. The standard InChI is InChI=1S/C16H15F2NO2/c1-19(16(20)14-4-2-3-5-15(14)18)10-11-21-13-8-6-12(17)7-9-13/h2-9H,10-11H2,1H3. The lowest BCUT2D eigenvalue weighted by atomic mass is 10.2. The Kier molecular flexibility index (Phi) is 4.87. The zero-order valence-electron chi connectivity index (χ0n) is 11.6. The number of likely N-dealkylation sites (N-methyl/N-ethyl adjacent to an activating group) is 1. The van der Waals surface area contributed by atoms with E-state index < -0.39 is 11.7 Å². The van der Waals surface area contributed by atoms with Crippen molar-refractivity contribution in [2.24, 2.45) is 0 Å². The summed E-state index contributed by atoms with van der Waals surface area (Å²) in [6, 6.07) is 11.4. The first-order valence-corrected chi connectivity index (χ1v) is 6.46. The van der Waals surface area contributed by atoms with Crippen LogP contribution in [0, 0.1) is 11.6 Å². The van der Waals surface area contributed by atoms with Gasteiger partial charge in [0, 0.05) is 7.05 Å². The SMILES string of the molecule is CN(CCOc1ccc(F)cc1)C(=O)c1ccccc1F. The molecule has 2 aromatic rings. The molecule has 0 aliphatic carbocycles. The van der Waals surface area contributed by atoms with Crippen molar-refractivity contribution < 1.29 is 18.3 Å². The van der Waals surface area contributed by atoms with Gasteiger partial charge < -0.3 is 9.64 Å². The van der Waals surface area contributed by atoms with Gasteiger partial charge in [0.25, 0.3) is 5.91 Å². The average Bonchev–Trinajstić information content (AvgIpc) is 2.49. The Morgan fingerprint density at radius 2 is 1.76 bits per heavy atom. The van der Waals surface area contributed by atoms with Crippen LogP contribution < -0.4 is 4.74 Å². The van der Waals surface area contributed by atoms with Crippen molar-refractivity contribution >= 4 is 5.91 Å². The first-order valence-electron chi connectivity index (χ1n) is 6.46. The highest BCUT2D eigenvalue weighted by atomic mass is 19.1. The van der Waals surface area contributed by atoms with E-state index in [-0.39, 0.29) is 18.0 Å². The van der Waals surface area contributed by atoms with Gasteiger partial charge in [0.05, 0.1) is 12.1 Å². The molecule has 5 heteroatoms. The number of carbonyl (C=O) groups is 1. The largest absolute Gasteiger partial charge is 0.492 e. The van der Waals surface area contributed by atoms with Crippen LogP contribution in [0.5, 0.6) is 5.75 Å². The average molecular weight is 291 g/mol. The molecule has 21 heavy (non-hydrogen) atoms. The molecule has 0 unspecified atom stereocenters. The van der Waals surface area contributed by atoms with Crippen molar-refractivity contribution in [3.05, 3.63) is 65.7 Å². The van der Waals surface area contributed by atoms with Gasteiger partial charge in [-0.3, -0.25) is 4.79 Å². The summed E-state index contributed by atoms with van der Waals surface area (Å²) in [6.07, 6.45) is 0. The molecular weight excluding hydrogens is 276 g/mol. The van der Waals surface area contributed by atoms with Crippen LogP contribution in [0.15, 0.2) is 48.5 Å². The van der Waals surface area contributed by atoms with Crippen molar-refractivity contribution in [1.82, 2.24) is 4.90 Å². The lowest BCUT2D eigenvalue weighted by molar-refractivity contribution is 0.0769. The van der Waals surface area contributed by atoms with E-state index >= 15 is 0 Å². The summed E-state index contributed by atoms with van der Waals surface area (Å²) < 4.78 is 31.6. The number of nitrogens with zero attached hydrogens (tertiary/aromatic N) is 1. The van der Waals surface area contributed by atoms with Gasteiger partial charge in [-0.25, -0.2) is 8.78 Å². The van der Waals surface area contributed by atoms with Gasteiger partial charge in [0.1, 0.15) is 24.0 Å². The number of hydrogen-bond acceptors (Lipinski definition) is 2. The maximum absolute atomic E-state index is 13.5. The van der Waals surface area contributed by atoms with Crippen LogP contribution in [0.4, 0.5) is 8.78 Å². The molecule has 0 spiro atoms. The van der Waals surface area contributed by atoms with E-state index in [1.807, 2.05) is 0 Å². The first kappa shape index (κ1) is 15.0. The molecule has 0 atom stereocenters. The van der Waals surface area contributed by atoms with Gasteiger partial charge in [-0.05, 0) is 36.4 Å². The van der Waals surface area contributed by atoms with Crippen LogP contribution in [0.1, 0.15) is 10.4 Å². The monoisotopic (exact) mass is 291 g/mol. The number of rotatable bonds is 5. The lowest BCUT2D eigenvalue weighted by Crippen LogP contribution is -2.31. The molecular formula is C16H15F2NO2. The van der Waals surface area contributed by atoms with Crippen molar-refractivity contribution in [2.45, 2.75) is 0 Å². The third-order valence-electron chi connectivity index (χ3n) is 2.96. The molecule has 0 saturated carbocycles. The van der Waals surface area contributed by atoms with E-state index in [1.54, 1.807) is 13.1 Å². The van der Waals surface area contributed by atoms with E-state index in [9.17, 15) is 13.6 Å². The van der Waals surface area contributed by atoms with E-state index in [0.717, 1.165) is 0 Å². The van der Waals surface area contributed by atoms with Crippen molar-refractivity contribution in [3.63, 3.8) is 0 Å². The fourth-order valence-electron chi connectivity index (χ4n) is 1.77. The van der Waals surface area contributed by atoms with E-state index in [2.05, 4.69) is 0 Å². The Labute approximate surface area is 121 Å². The highest BCUT2D eigenvalue weighted by Gasteiger charge is 2.15. The predicted octanol–water partition coefficient (Wildman–Crippen LogP) is 3.12. The van der Waals surface area contributed by atoms with Crippen molar-refractivity contribution in [2.75, 3.05) is 20.2 Å². The zero-order chi connectivity index (χ0) is 15.2. The lowest BCUT2D eigenvalue weighted by Gasteiger charge is -2.17. The third kappa shape index (κ3) is 4.02. The Morgan fingerprint density at radius 3 is 2.43 bits per heavy atom. The summed E-state index contributed by atoms with van der Waals surface area (Å²) in [5.74, 6) is -0.776. The highest BCUT2D eigenvalue weighted by Crippen LogP contribution is 2.12. The van der Waals surface area contributed by atoms with Gasteiger partial charge >= 0.3 is 0 Å². The molecule has 0 N–H and O–H groups in total. The topological polar surface area (TPSA) is 29.5 Å². The van der Waals surface area contributed by atoms with Gasteiger partial charge in [-0.15, -0.1) is 0 Å². The number of halogens is 2. The van der Waals surface area contributed by atoms with Crippen LogP contribution in [0.3, 0.4) is 0 Å². The molecule has 0 fully saturated rings. The summed E-state index contributed by atoms with van der Waals surface area (Å²) in [7, 11) is 1.57. The second kappa shape index (κ2) is 6.83. The zero-order valence-corrected chi connectivity index (χ0v) is 11.6. The molecule has 2 rings (SSSR count). The molecule has 0 aromatic heterocycles. The molecule has 0 aliphatic rings. The molecule has 2 aromatic carbocycles. The van der Waals surface area contributed by atoms with Gasteiger partial charge in [0.2, 0.25) is 0 Å². The number of benzene rings is 2. The molecule has 3 nitrogen and oxygen atoms in total. The Hall–Kier alpha value is -2.43. The second-order valence-corrected chi connectivity index (χ2v) is 4.51. The number of amides is 1. The summed E-state index contributed by atoms with van der Waals surface area (Å²) in [6.45, 7) is 0.535. The first-order chi connectivity index (χ1) is 10.1. The number of ether oxygens (including phenoxy) is 1. The van der Waals surface area contributed by atoms with Crippen LogP contribution in [-0.4, -0.2) is 31.0 Å². The highest BCUT2D eigenvalue weighted by molar-refractivity contribution is 5.94.